The second-order valence-corrected chi connectivity index (χ2v) is 26.8. The summed E-state index contributed by atoms with van der Waals surface area (Å²) in [5, 5.41) is 4.36. The van der Waals surface area contributed by atoms with Crippen molar-refractivity contribution < 1.29 is 119 Å². The molecule has 0 unspecified atom stereocenters. The van der Waals surface area contributed by atoms with E-state index in [0.29, 0.717) is 65.5 Å². The van der Waals surface area contributed by atoms with Crippen molar-refractivity contribution in [3.63, 3.8) is 0 Å². The van der Waals surface area contributed by atoms with Gasteiger partial charge in [0.25, 0.3) is 0 Å². The minimum absolute atomic E-state index is 0.000380. The van der Waals surface area contributed by atoms with Crippen LogP contribution in [0.15, 0.2) is 199 Å². The van der Waals surface area contributed by atoms with Crippen LogP contribution in [0.3, 0.4) is 0 Å². The van der Waals surface area contributed by atoms with Gasteiger partial charge in [-0.05, 0) is 107 Å². The highest BCUT2D eigenvalue weighted by atomic mass is 16.8. The summed E-state index contributed by atoms with van der Waals surface area (Å²) < 4.78 is 121. The van der Waals surface area contributed by atoms with E-state index >= 15 is 0 Å². The molecule has 0 saturated carbocycles. The number of rotatable bonds is 40. The standard InChI is InChI=1S/C84H96N4O25/c1-54(89)98-46-63-31-33-64(34-32-63)50-105-84(94)88(45-59-23-13-8-14-24-59)43-21-12-22-44-97-82-79(107-57(4)92)78(104-49-62-29-19-11-20-30-62)75(71(110-82)53-101-68-41-37-66(96-7)38-42-68)112-81-72(86-87-85)76(102-47-60-25-15-9-16-26-60)73(69(109-81)51-99-55(2)90)113-83-80(108-58(5)93)77(103-48-61-27-17-10-18-28-61)74(106-56(3)91)70(111-83)52-100-67-39-35-65(95-6)36-40-67/h8-11,13-20,23-42,69-83H,12,21-22,43-53H2,1-7H3/t69-,70+,71+,72-,73-,74-,75-,76-,77+,78+,79-,80-,81-,82-,83+/m1/s1. The smallest absolute Gasteiger partial charge is 0.410 e. The molecule has 15 atom stereocenters. The van der Waals surface area contributed by atoms with E-state index in [4.69, 9.17) is 90.0 Å². The zero-order chi connectivity index (χ0) is 79.9. The van der Waals surface area contributed by atoms with Gasteiger partial charge in [0.1, 0.15) is 111 Å². The largest absolute Gasteiger partial charge is 0.497 e. The predicted octanol–water partition coefficient (Wildman–Crippen LogP) is 12.0. The number of azide groups is 1. The quantitative estimate of drug-likeness (QED) is 0.00860. The van der Waals surface area contributed by atoms with Crippen molar-refractivity contribution in [3.8, 4) is 23.0 Å². The summed E-state index contributed by atoms with van der Waals surface area (Å²) in [5.74, 6) is -1.59. The normalized spacial score (nSPS) is 23.2. The van der Waals surface area contributed by atoms with Crippen LogP contribution in [-0.4, -0.2) is 180 Å². The first-order valence-electron chi connectivity index (χ1n) is 37.2. The molecule has 3 heterocycles. The highest BCUT2D eigenvalue weighted by Crippen LogP contribution is 2.40. The molecule has 7 aromatic rings. The molecule has 1 amide bonds. The number of esters is 5. The molecule has 113 heavy (non-hydrogen) atoms. The maximum Gasteiger partial charge on any atom is 0.410 e. The fourth-order valence-electron chi connectivity index (χ4n) is 12.9. The fraction of sp³-hybridized carbons (Fsp3) is 0.429. The second kappa shape index (κ2) is 43.9. The monoisotopic (exact) mass is 1560 g/mol. The number of methoxy groups -OCH3 is 2. The molecule has 7 aromatic carbocycles. The number of carbonyl (C=O) groups is 6. The SMILES string of the molecule is COc1ccc(OC[C@@H]2O[C@@H](O[C@H]3[C@H](OCc4ccccc4)[C@@H](N=[N+]=[N-])[C@@H](O[C@H]4[C@H](OCc5ccccc5)[C@@H](OC(C)=O)[C@H](OCCCCCN(Cc5ccccc5)C(=O)OCc5ccc(COC(C)=O)cc5)O[C@H]4COc4ccc(OC)cc4)O[C@@H]3COC(C)=O)[C@H](OC(C)=O)[C@@H](OCc3ccccc3)[C@@H]2OC(C)=O)cc1. The number of carbonyl (C=O) groups excluding carboxylic acids is 6. The van der Waals surface area contributed by atoms with Crippen LogP contribution < -0.4 is 18.9 Å². The highest BCUT2D eigenvalue weighted by molar-refractivity contribution is 5.69. The lowest BCUT2D eigenvalue weighted by molar-refractivity contribution is -0.372. The number of amides is 1. The average molecular weight is 1560 g/mol. The molecule has 10 rings (SSSR count). The number of hydrogen-bond donors (Lipinski definition) is 0. The Labute approximate surface area is 655 Å². The van der Waals surface area contributed by atoms with E-state index in [1.54, 1.807) is 102 Å². The van der Waals surface area contributed by atoms with Crippen molar-refractivity contribution >= 4 is 35.9 Å². The highest BCUT2D eigenvalue weighted by Gasteiger charge is 2.58. The van der Waals surface area contributed by atoms with Gasteiger partial charge in [0.05, 0.1) is 34.0 Å². The van der Waals surface area contributed by atoms with Gasteiger partial charge in [0.2, 0.25) is 0 Å². The zero-order valence-electron chi connectivity index (χ0n) is 64.0. The van der Waals surface area contributed by atoms with Gasteiger partial charge in [0.15, 0.2) is 37.2 Å². The third-order valence-electron chi connectivity index (χ3n) is 18.4. The van der Waals surface area contributed by atoms with Crippen LogP contribution in [0.2, 0.25) is 0 Å². The third kappa shape index (κ3) is 26.2. The summed E-state index contributed by atoms with van der Waals surface area (Å²) in [6, 6.07) is 55.9. The third-order valence-corrected chi connectivity index (χ3v) is 18.4. The molecule has 602 valence electrons. The Kier molecular flexibility index (Phi) is 33.0. The summed E-state index contributed by atoms with van der Waals surface area (Å²) in [6.45, 7) is 5.27. The minimum atomic E-state index is -1.75. The van der Waals surface area contributed by atoms with Gasteiger partial charge in [-0.2, -0.15) is 0 Å². The Morgan fingerprint density at radius 2 is 0.779 bits per heavy atom. The minimum Gasteiger partial charge on any atom is -0.497 e. The summed E-state index contributed by atoms with van der Waals surface area (Å²) in [5.41, 5.74) is 15.3. The van der Waals surface area contributed by atoms with Gasteiger partial charge in [-0.3, -0.25) is 24.0 Å². The first-order valence-corrected chi connectivity index (χ1v) is 37.2. The molecule has 29 heteroatoms. The Balaban J connectivity index is 0.980. The molecule has 29 nitrogen and oxygen atoms in total. The number of hydrogen-bond acceptors (Lipinski definition) is 26. The molecule has 0 aromatic heterocycles. The van der Waals surface area contributed by atoms with Crippen LogP contribution in [0.25, 0.3) is 10.4 Å². The number of ether oxygens (including phenoxy) is 19. The Bertz CT molecular complexity index is 4130. The summed E-state index contributed by atoms with van der Waals surface area (Å²) >= 11 is 0. The Morgan fingerprint density at radius 1 is 0.381 bits per heavy atom. The van der Waals surface area contributed by atoms with E-state index in [1.165, 1.54) is 48.8 Å². The number of nitrogens with zero attached hydrogens (tertiary/aromatic N) is 4. The van der Waals surface area contributed by atoms with E-state index in [9.17, 15) is 34.3 Å². The number of unbranched alkanes of at least 4 members (excludes halogenated alkanes) is 2. The van der Waals surface area contributed by atoms with Crippen molar-refractivity contribution in [2.24, 2.45) is 5.11 Å². The average Bonchev–Trinajstić information content (AvgIpc) is 0.761. The molecule has 3 aliphatic rings. The van der Waals surface area contributed by atoms with Crippen LogP contribution >= 0.6 is 0 Å². The number of benzene rings is 7. The van der Waals surface area contributed by atoms with Gasteiger partial charge in [-0.15, -0.1) is 0 Å². The van der Waals surface area contributed by atoms with Crippen LogP contribution in [0.1, 0.15) is 87.3 Å². The summed E-state index contributed by atoms with van der Waals surface area (Å²) in [6.07, 6.45) is -19.4. The van der Waals surface area contributed by atoms with Crippen molar-refractivity contribution in [3.05, 3.63) is 238 Å². The molecular formula is C84H96N4O25. The molecule has 3 saturated heterocycles. The predicted molar refractivity (Wildman–Crippen MR) is 403 cm³/mol. The van der Waals surface area contributed by atoms with Crippen molar-refractivity contribution in [2.45, 2.75) is 186 Å². The van der Waals surface area contributed by atoms with E-state index in [1.807, 2.05) is 97.1 Å². The van der Waals surface area contributed by atoms with Crippen LogP contribution in [0.4, 0.5) is 4.79 Å². The second-order valence-electron chi connectivity index (χ2n) is 26.8. The molecule has 3 fully saturated rings. The van der Waals surface area contributed by atoms with Crippen LogP contribution in [0.5, 0.6) is 23.0 Å². The lowest BCUT2D eigenvalue weighted by atomic mass is 9.94. The van der Waals surface area contributed by atoms with Gasteiger partial charge in [-0.25, -0.2) is 4.79 Å². The van der Waals surface area contributed by atoms with E-state index in [2.05, 4.69) is 10.0 Å². The van der Waals surface area contributed by atoms with E-state index in [0.717, 1.165) is 16.7 Å². The molecular weight excluding hydrogens is 1460 g/mol. The molecule has 0 bridgehead atoms. The first kappa shape index (κ1) is 84.8. The van der Waals surface area contributed by atoms with E-state index < -0.39 is 135 Å². The van der Waals surface area contributed by atoms with Crippen LogP contribution in [-0.2, 0) is 135 Å². The lowest BCUT2D eigenvalue weighted by Gasteiger charge is -2.50. The van der Waals surface area contributed by atoms with Gasteiger partial charge in [-0.1, -0.05) is 151 Å². The van der Waals surface area contributed by atoms with Gasteiger partial charge in [0, 0.05) is 59.2 Å². The first-order chi connectivity index (χ1) is 54.9. The topological polar surface area (TPSA) is 330 Å². The molecule has 0 aliphatic carbocycles. The van der Waals surface area contributed by atoms with Crippen molar-refractivity contribution in [2.75, 3.05) is 47.2 Å². The van der Waals surface area contributed by atoms with E-state index in [-0.39, 0.29) is 59.4 Å². The van der Waals surface area contributed by atoms with Gasteiger partial charge < -0.3 is 94.9 Å². The molecule has 0 radical (unpaired) electrons. The molecule has 3 aliphatic heterocycles. The molecule has 0 N–H and O–H groups in total. The van der Waals surface area contributed by atoms with Crippen molar-refractivity contribution in [1.82, 2.24) is 4.90 Å². The maximum atomic E-state index is 13.9. The maximum absolute atomic E-state index is 13.9. The van der Waals surface area contributed by atoms with Crippen LogP contribution in [0, 0.1) is 0 Å². The fourth-order valence-corrected chi connectivity index (χ4v) is 12.9. The zero-order valence-corrected chi connectivity index (χ0v) is 64.0. The Hall–Kier alpha value is -10.7. The van der Waals surface area contributed by atoms with Crippen molar-refractivity contribution in [1.29, 1.82) is 0 Å². The Morgan fingerprint density at radius 3 is 1.27 bits per heavy atom. The van der Waals surface area contributed by atoms with Gasteiger partial charge >= 0.3 is 35.9 Å². The summed E-state index contributed by atoms with van der Waals surface area (Å²) in [4.78, 5) is 83.9. The lowest BCUT2D eigenvalue weighted by Crippen LogP contribution is -2.68. The summed E-state index contributed by atoms with van der Waals surface area (Å²) in [7, 11) is 3.05. The molecule has 0 spiro atoms.